The molecule has 0 atom stereocenters. The molecule has 2 aliphatic rings. The number of rotatable bonds is 3. The number of carbonyl (C=O) groups is 2. The van der Waals surface area contributed by atoms with Crippen LogP contribution in [0.4, 0.5) is 16.2 Å². The number of aromatic nitrogens is 4. The Morgan fingerprint density at radius 1 is 1.15 bits per heavy atom. The second-order valence-corrected chi connectivity index (χ2v) is 9.84. The number of amides is 3. The predicted molar refractivity (Wildman–Crippen MR) is 128 cm³/mol. The molecule has 3 aromatic rings. The number of H-pyrrole nitrogens is 2. The Bertz CT molecular complexity index is 1210. The number of hydrogen-bond donors (Lipinski definition) is 3. The van der Waals surface area contributed by atoms with Crippen LogP contribution in [0.25, 0.3) is 22.6 Å². The molecule has 3 N–H and O–H groups in total. The third-order valence-corrected chi connectivity index (χ3v) is 6.80. The van der Waals surface area contributed by atoms with E-state index in [1.54, 1.807) is 6.20 Å². The minimum atomic E-state index is -0.606. The Morgan fingerprint density at radius 2 is 1.88 bits per heavy atom. The van der Waals surface area contributed by atoms with Gasteiger partial charge in [-0.25, -0.2) is 9.78 Å². The SMILES string of the molecule is CC(C)N1C(=O)C(C)(C)c2cc3nc(-c4n[nH]cc4NC(=O)N4CCCCCC4)[nH]c3cc21. The van der Waals surface area contributed by atoms with E-state index in [-0.39, 0.29) is 18.0 Å². The van der Waals surface area contributed by atoms with Gasteiger partial charge in [0.2, 0.25) is 5.91 Å². The van der Waals surface area contributed by atoms with Crippen LogP contribution in [0, 0.1) is 0 Å². The van der Waals surface area contributed by atoms with Crippen molar-refractivity contribution in [3.05, 3.63) is 23.9 Å². The molecule has 0 unspecified atom stereocenters. The summed E-state index contributed by atoms with van der Waals surface area (Å²) < 4.78 is 0. The molecule has 174 valence electrons. The van der Waals surface area contributed by atoms with Crippen LogP contribution in [0.2, 0.25) is 0 Å². The highest BCUT2D eigenvalue weighted by atomic mass is 16.2. The van der Waals surface area contributed by atoms with Gasteiger partial charge in [0.1, 0.15) is 0 Å². The number of carbonyl (C=O) groups excluding carboxylic acids is 2. The molecule has 1 fully saturated rings. The summed E-state index contributed by atoms with van der Waals surface area (Å²) in [6, 6.07) is 3.94. The monoisotopic (exact) mass is 449 g/mol. The molecule has 2 aliphatic heterocycles. The summed E-state index contributed by atoms with van der Waals surface area (Å²) in [5.74, 6) is 0.674. The van der Waals surface area contributed by atoms with E-state index < -0.39 is 5.41 Å². The van der Waals surface area contributed by atoms with E-state index in [0.717, 1.165) is 48.2 Å². The van der Waals surface area contributed by atoms with Crippen LogP contribution in [-0.2, 0) is 10.2 Å². The lowest BCUT2D eigenvalue weighted by Gasteiger charge is -2.24. The summed E-state index contributed by atoms with van der Waals surface area (Å²) in [6.07, 6.45) is 6.08. The van der Waals surface area contributed by atoms with Gasteiger partial charge in [-0.15, -0.1) is 0 Å². The number of likely N-dealkylation sites (tertiary alicyclic amines) is 1. The van der Waals surface area contributed by atoms with E-state index in [4.69, 9.17) is 4.98 Å². The first-order valence-corrected chi connectivity index (χ1v) is 11.8. The summed E-state index contributed by atoms with van der Waals surface area (Å²) in [7, 11) is 0. The third kappa shape index (κ3) is 3.55. The van der Waals surface area contributed by atoms with Crippen LogP contribution in [-0.4, -0.2) is 56.1 Å². The Hall–Kier alpha value is -3.36. The number of benzene rings is 1. The Labute approximate surface area is 192 Å². The van der Waals surface area contributed by atoms with Crippen molar-refractivity contribution in [2.24, 2.45) is 0 Å². The minimum Gasteiger partial charge on any atom is -0.336 e. The molecule has 0 radical (unpaired) electrons. The largest absolute Gasteiger partial charge is 0.336 e. The maximum atomic E-state index is 13.0. The van der Waals surface area contributed by atoms with Crippen molar-refractivity contribution < 1.29 is 9.59 Å². The molecular formula is C24H31N7O2. The first-order valence-electron chi connectivity index (χ1n) is 11.8. The molecule has 5 rings (SSSR count). The number of aromatic amines is 2. The van der Waals surface area contributed by atoms with Crippen LogP contribution in [0.15, 0.2) is 18.3 Å². The standard InChI is InChI=1S/C24H31N7O2/c1-14(2)31-19-12-17-16(11-15(19)24(3,4)22(31)32)26-21(27-17)20-18(13-25-29-20)28-23(33)30-9-7-5-6-8-10-30/h11-14H,5-10H2,1-4H3,(H,25,29)(H,26,27)(H,28,33). The van der Waals surface area contributed by atoms with E-state index in [1.165, 1.54) is 12.8 Å². The van der Waals surface area contributed by atoms with Crippen molar-refractivity contribution in [3.63, 3.8) is 0 Å². The van der Waals surface area contributed by atoms with Gasteiger partial charge in [-0.05, 0) is 58.2 Å². The fourth-order valence-electron chi connectivity index (χ4n) is 4.93. The first-order chi connectivity index (χ1) is 15.8. The molecular weight excluding hydrogens is 418 g/mol. The predicted octanol–water partition coefficient (Wildman–Crippen LogP) is 4.39. The average Bonchev–Trinajstić information content (AvgIpc) is 3.35. The molecule has 1 aromatic carbocycles. The van der Waals surface area contributed by atoms with Gasteiger partial charge in [-0.1, -0.05) is 12.8 Å². The molecule has 33 heavy (non-hydrogen) atoms. The number of imidazole rings is 1. The minimum absolute atomic E-state index is 0.0602. The quantitative estimate of drug-likeness (QED) is 0.551. The summed E-state index contributed by atoms with van der Waals surface area (Å²) in [4.78, 5) is 37.7. The van der Waals surface area contributed by atoms with E-state index in [9.17, 15) is 9.59 Å². The zero-order chi connectivity index (χ0) is 23.3. The summed E-state index contributed by atoms with van der Waals surface area (Å²) >= 11 is 0. The highest BCUT2D eigenvalue weighted by molar-refractivity contribution is 6.10. The molecule has 2 aromatic heterocycles. The molecule has 9 heteroatoms. The highest BCUT2D eigenvalue weighted by Gasteiger charge is 2.45. The molecule has 3 amide bonds. The summed E-state index contributed by atoms with van der Waals surface area (Å²) in [6.45, 7) is 9.51. The maximum absolute atomic E-state index is 13.0. The van der Waals surface area contributed by atoms with Crippen molar-refractivity contribution in [1.82, 2.24) is 25.1 Å². The lowest BCUT2D eigenvalue weighted by atomic mass is 9.86. The number of nitrogens with zero attached hydrogens (tertiary/aromatic N) is 4. The van der Waals surface area contributed by atoms with E-state index in [1.807, 2.05) is 49.6 Å². The van der Waals surface area contributed by atoms with Gasteiger partial charge in [0.15, 0.2) is 11.5 Å². The van der Waals surface area contributed by atoms with Gasteiger partial charge in [-0.2, -0.15) is 5.10 Å². The number of fused-ring (bicyclic) bond motifs is 2. The van der Waals surface area contributed by atoms with Crippen LogP contribution in [0.1, 0.15) is 58.9 Å². The smallest absolute Gasteiger partial charge is 0.321 e. The number of nitrogens with one attached hydrogen (secondary N) is 3. The lowest BCUT2D eigenvalue weighted by molar-refractivity contribution is -0.122. The third-order valence-electron chi connectivity index (χ3n) is 6.80. The number of urea groups is 1. The molecule has 0 bridgehead atoms. The van der Waals surface area contributed by atoms with Crippen molar-refractivity contribution in [3.8, 4) is 11.5 Å². The van der Waals surface area contributed by atoms with Crippen molar-refractivity contribution in [1.29, 1.82) is 0 Å². The van der Waals surface area contributed by atoms with Crippen LogP contribution >= 0.6 is 0 Å². The zero-order valence-corrected chi connectivity index (χ0v) is 19.7. The fraction of sp³-hybridized carbons (Fsp3) is 0.500. The fourth-order valence-corrected chi connectivity index (χ4v) is 4.93. The van der Waals surface area contributed by atoms with Crippen LogP contribution in [0.3, 0.4) is 0 Å². The molecule has 0 aliphatic carbocycles. The van der Waals surface area contributed by atoms with Crippen molar-refractivity contribution in [2.75, 3.05) is 23.3 Å². The van der Waals surface area contributed by atoms with Gasteiger partial charge in [0, 0.05) is 25.3 Å². The van der Waals surface area contributed by atoms with Gasteiger partial charge < -0.3 is 20.1 Å². The van der Waals surface area contributed by atoms with Gasteiger partial charge in [0.05, 0.1) is 27.8 Å². The van der Waals surface area contributed by atoms with Crippen LogP contribution in [0.5, 0.6) is 0 Å². The van der Waals surface area contributed by atoms with E-state index in [2.05, 4.69) is 20.5 Å². The zero-order valence-electron chi connectivity index (χ0n) is 19.7. The Kier molecular flexibility index (Phi) is 5.14. The first kappa shape index (κ1) is 21.5. The van der Waals surface area contributed by atoms with E-state index in [0.29, 0.717) is 17.2 Å². The summed E-state index contributed by atoms with van der Waals surface area (Å²) in [5, 5.41) is 10.2. The molecule has 9 nitrogen and oxygen atoms in total. The topological polar surface area (TPSA) is 110 Å². The molecule has 0 spiro atoms. The van der Waals surface area contributed by atoms with Gasteiger partial charge in [-0.3, -0.25) is 9.89 Å². The number of hydrogen-bond acceptors (Lipinski definition) is 4. The Balaban J connectivity index is 1.47. The van der Waals surface area contributed by atoms with Crippen molar-refractivity contribution in [2.45, 2.75) is 64.8 Å². The second-order valence-electron chi connectivity index (χ2n) is 9.84. The average molecular weight is 450 g/mol. The molecule has 0 saturated carbocycles. The highest BCUT2D eigenvalue weighted by Crippen LogP contribution is 2.44. The van der Waals surface area contributed by atoms with Crippen LogP contribution < -0.4 is 10.2 Å². The Morgan fingerprint density at radius 3 is 2.58 bits per heavy atom. The molecule has 1 saturated heterocycles. The second kappa shape index (κ2) is 7.90. The van der Waals surface area contributed by atoms with E-state index >= 15 is 0 Å². The van der Waals surface area contributed by atoms with Gasteiger partial charge in [0.25, 0.3) is 0 Å². The van der Waals surface area contributed by atoms with Crippen molar-refractivity contribution >= 4 is 34.3 Å². The normalized spacial score (nSPS) is 18.2. The maximum Gasteiger partial charge on any atom is 0.321 e. The number of anilines is 2. The summed E-state index contributed by atoms with van der Waals surface area (Å²) in [5.41, 5.74) is 4.03. The molecule has 4 heterocycles. The van der Waals surface area contributed by atoms with Gasteiger partial charge >= 0.3 is 6.03 Å². The lowest BCUT2D eigenvalue weighted by Crippen LogP contribution is -2.40.